The summed E-state index contributed by atoms with van der Waals surface area (Å²) in [6.07, 6.45) is 3.54. The van der Waals surface area contributed by atoms with Gasteiger partial charge in [-0.3, -0.25) is 0 Å². The molecule has 2 rings (SSSR count). The van der Waals surface area contributed by atoms with Crippen molar-refractivity contribution in [1.29, 1.82) is 0 Å². The summed E-state index contributed by atoms with van der Waals surface area (Å²) in [5.74, 6) is 0.121. The lowest BCUT2D eigenvalue weighted by Gasteiger charge is -2.28. The number of rotatable bonds is 4. The third-order valence-corrected chi connectivity index (χ3v) is 3.41. The van der Waals surface area contributed by atoms with E-state index in [-0.39, 0.29) is 11.8 Å². The number of aromatic nitrogens is 1. The van der Waals surface area contributed by atoms with Crippen molar-refractivity contribution in [3.8, 4) is 0 Å². The van der Waals surface area contributed by atoms with Crippen LogP contribution in [-0.2, 0) is 9.47 Å². The molecule has 1 unspecified atom stereocenters. The Labute approximate surface area is 118 Å². The molecule has 0 amide bonds. The Morgan fingerprint density at radius 3 is 3.00 bits per heavy atom. The number of nitrogens with two attached hydrogens (primary N) is 1. The zero-order chi connectivity index (χ0) is 14.5. The molecule has 0 spiro atoms. The standard InChI is InChI=1S/C14H21N3O3/c1-17(9-10-5-3-4-8-20-10)13-11(15)6-7-12(16-13)14(18)19-2/h6-7,10H,3-5,8-9,15H2,1-2H3. The highest BCUT2D eigenvalue weighted by Crippen LogP contribution is 2.22. The number of anilines is 2. The molecule has 1 saturated heterocycles. The molecule has 6 heteroatoms. The summed E-state index contributed by atoms with van der Waals surface area (Å²) >= 11 is 0. The maximum absolute atomic E-state index is 11.5. The van der Waals surface area contributed by atoms with Crippen LogP contribution in [0.5, 0.6) is 0 Å². The zero-order valence-electron chi connectivity index (χ0n) is 12.0. The Hall–Kier alpha value is -1.82. The highest BCUT2D eigenvalue weighted by molar-refractivity contribution is 5.88. The topological polar surface area (TPSA) is 77.7 Å². The first kappa shape index (κ1) is 14.6. The Bertz CT molecular complexity index is 473. The molecule has 1 aromatic rings. The Kier molecular flexibility index (Phi) is 4.79. The van der Waals surface area contributed by atoms with Crippen molar-refractivity contribution >= 4 is 17.5 Å². The van der Waals surface area contributed by atoms with E-state index in [4.69, 9.17) is 10.5 Å². The van der Waals surface area contributed by atoms with Crippen molar-refractivity contribution < 1.29 is 14.3 Å². The molecule has 0 bridgehead atoms. The van der Waals surface area contributed by atoms with Crippen LogP contribution in [0.4, 0.5) is 11.5 Å². The molecule has 20 heavy (non-hydrogen) atoms. The molecule has 0 saturated carbocycles. The maximum Gasteiger partial charge on any atom is 0.356 e. The molecule has 1 aromatic heterocycles. The molecule has 1 fully saturated rings. The van der Waals surface area contributed by atoms with E-state index >= 15 is 0 Å². The van der Waals surface area contributed by atoms with Crippen LogP contribution in [0.1, 0.15) is 29.8 Å². The van der Waals surface area contributed by atoms with E-state index in [0.29, 0.717) is 18.1 Å². The first-order chi connectivity index (χ1) is 9.61. The number of ether oxygens (including phenoxy) is 2. The van der Waals surface area contributed by atoms with E-state index in [1.165, 1.54) is 13.5 Å². The Morgan fingerprint density at radius 2 is 2.35 bits per heavy atom. The number of esters is 1. The summed E-state index contributed by atoms with van der Waals surface area (Å²) in [5.41, 5.74) is 6.74. The lowest BCUT2D eigenvalue weighted by Crippen LogP contribution is -2.34. The normalized spacial score (nSPS) is 18.6. The van der Waals surface area contributed by atoms with Gasteiger partial charge in [-0.1, -0.05) is 0 Å². The minimum atomic E-state index is -0.464. The van der Waals surface area contributed by atoms with Crippen LogP contribution in [0.3, 0.4) is 0 Å². The van der Waals surface area contributed by atoms with Crippen LogP contribution in [0.15, 0.2) is 12.1 Å². The van der Waals surface area contributed by atoms with Gasteiger partial charge in [0.1, 0.15) is 0 Å². The lowest BCUT2D eigenvalue weighted by atomic mass is 10.1. The van der Waals surface area contributed by atoms with Crippen LogP contribution in [-0.4, -0.2) is 44.4 Å². The number of nitrogen functional groups attached to an aromatic ring is 1. The third-order valence-electron chi connectivity index (χ3n) is 3.41. The smallest absolute Gasteiger partial charge is 0.356 e. The summed E-state index contributed by atoms with van der Waals surface area (Å²) in [5, 5.41) is 0. The van der Waals surface area contributed by atoms with E-state index in [9.17, 15) is 4.79 Å². The van der Waals surface area contributed by atoms with Gasteiger partial charge in [0.2, 0.25) is 0 Å². The highest BCUT2D eigenvalue weighted by atomic mass is 16.5. The number of carbonyl (C=O) groups is 1. The molecule has 1 atom stereocenters. The van der Waals surface area contributed by atoms with E-state index in [1.54, 1.807) is 12.1 Å². The minimum Gasteiger partial charge on any atom is -0.464 e. The van der Waals surface area contributed by atoms with Crippen molar-refractivity contribution in [2.75, 3.05) is 37.9 Å². The van der Waals surface area contributed by atoms with Crippen LogP contribution in [0.2, 0.25) is 0 Å². The van der Waals surface area contributed by atoms with E-state index in [0.717, 1.165) is 19.4 Å². The van der Waals surface area contributed by atoms with Crippen molar-refractivity contribution in [3.63, 3.8) is 0 Å². The summed E-state index contributed by atoms with van der Waals surface area (Å²) in [7, 11) is 3.23. The van der Waals surface area contributed by atoms with Gasteiger partial charge >= 0.3 is 5.97 Å². The fourth-order valence-corrected chi connectivity index (χ4v) is 2.33. The number of nitrogens with zero attached hydrogens (tertiary/aromatic N) is 2. The van der Waals surface area contributed by atoms with Gasteiger partial charge in [-0.05, 0) is 31.4 Å². The predicted octanol–water partition coefficient (Wildman–Crippen LogP) is 1.46. The average Bonchev–Trinajstić information content (AvgIpc) is 2.48. The van der Waals surface area contributed by atoms with Gasteiger partial charge in [-0.15, -0.1) is 0 Å². The highest BCUT2D eigenvalue weighted by Gasteiger charge is 2.19. The molecule has 0 radical (unpaired) electrons. The molecule has 1 aliphatic rings. The number of hydrogen-bond donors (Lipinski definition) is 1. The summed E-state index contributed by atoms with van der Waals surface area (Å²) in [6, 6.07) is 3.24. The summed E-state index contributed by atoms with van der Waals surface area (Å²) < 4.78 is 10.4. The zero-order valence-corrected chi connectivity index (χ0v) is 12.0. The molecule has 0 aromatic carbocycles. The number of pyridine rings is 1. The van der Waals surface area contributed by atoms with E-state index in [1.807, 2.05) is 11.9 Å². The molecule has 2 N–H and O–H groups in total. The fraction of sp³-hybridized carbons (Fsp3) is 0.571. The van der Waals surface area contributed by atoms with Gasteiger partial charge < -0.3 is 20.1 Å². The molecule has 110 valence electrons. The molecular formula is C14H21N3O3. The SMILES string of the molecule is COC(=O)c1ccc(N)c(N(C)CC2CCCCO2)n1. The lowest BCUT2D eigenvalue weighted by molar-refractivity contribution is 0.0215. The van der Waals surface area contributed by atoms with Gasteiger partial charge in [0, 0.05) is 20.2 Å². The maximum atomic E-state index is 11.5. The largest absolute Gasteiger partial charge is 0.464 e. The average molecular weight is 279 g/mol. The molecule has 2 heterocycles. The number of likely N-dealkylation sites (N-methyl/N-ethyl adjacent to an activating group) is 1. The van der Waals surface area contributed by atoms with E-state index < -0.39 is 5.97 Å². The number of hydrogen-bond acceptors (Lipinski definition) is 6. The van der Waals surface area contributed by atoms with Gasteiger partial charge in [0.25, 0.3) is 0 Å². The Balaban J connectivity index is 2.11. The monoisotopic (exact) mass is 279 g/mol. The van der Waals surface area contributed by atoms with Gasteiger partial charge in [0.15, 0.2) is 11.5 Å². The van der Waals surface area contributed by atoms with Crippen LogP contribution in [0.25, 0.3) is 0 Å². The van der Waals surface area contributed by atoms with Gasteiger partial charge in [-0.25, -0.2) is 9.78 Å². The van der Waals surface area contributed by atoms with Crippen molar-refractivity contribution in [2.24, 2.45) is 0 Å². The molecule has 1 aliphatic heterocycles. The van der Waals surface area contributed by atoms with Crippen LogP contribution < -0.4 is 10.6 Å². The number of carbonyl (C=O) groups excluding carboxylic acids is 1. The quantitative estimate of drug-likeness (QED) is 0.841. The summed E-state index contributed by atoms with van der Waals surface area (Å²) in [4.78, 5) is 17.7. The number of methoxy groups -OCH3 is 1. The molecule has 6 nitrogen and oxygen atoms in total. The first-order valence-electron chi connectivity index (χ1n) is 6.79. The Morgan fingerprint density at radius 1 is 1.55 bits per heavy atom. The van der Waals surface area contributed by atoms with Crippen molar-refractivity contribution in [1.82, 2.24) is 4.98 Å². The third kappa shape index (κ3) is 3.39. The summed E-state index contributed by atoms with van der Waals surface area (Å²) in [6.45, 7) is 1.52. The fourth-order valence-electron chi connectivity index (χ4n) is 2.33. The van der Waals surface area contributed by atoms with E-state index in [2.05, 4.69) is 9.72 Å². The molecule has 0 aliphatic carbocycles. The van der Waals surface area contributed by atoms with Crippen molar-refractivity contribution in [2.45, 2.75) is 25.4 Å². The second-order valence-electron chi connectivity index (χ2n) is 4.97. The van der Waals surface area contributed by atoms with Crippen LogP contribution in [0, 0.1) is 0 Å². The second kappa shape index (κ2) is 6.56. The predicted molar refractivity (Wildman–Crippen MR) is 76.8 cm³/mol. The second-order valence-corrected chi connectivity index (χ2v) is 4.97. The first-order valence-corrected chi connectivity index (χ1v) is 6.79. The molecular weight excluding hydrogens is 258 g/mol. The minimum absolute atomic E-state index is 0.191. The van der Waals surface area contributed by atoms with Crippen molar-refractivity contribution in [3.05, 3.63) is 17.8 Å². The van der Waals surface area contributed by atoms with Gasteiger partial charge in [-0.2, -0.15) is 0 Å². The van der Waals surface area contributed by atoms with Gasteiger partial charge in [0.05, 0.1) is 18.9 Å². The van der Waals surface area contributed by atoms with Crippen LogP contribution >= 0.6 is 0 Å².